The minimum Gasteiger partial charge on any atom is -0.462 e. The van der Waals surface area contributed by atoms with Crippen LogP contribution in [0.25, 0.3) is 0 Å². The summed E-state index contributed by atoms with van der Waals surface area (Å²) in [6.07, 6.45) is 54.0. The van der Waals surface area contributed by atoms with Crippen LogP contribution < -0.4 is 5.32 Å². The Hall–Kier alpha value is -2.70. The second-order valence-corrected chi connectivity index (χ2v) is 15.5. The molecule has 0 saturated heterocycles. The normalized spacial score (nSPS) is 14.0. The molecule has 0 fully saturated rings. The van der Waals surface area contributed by atoms with Gasteiger partial charge >= 0.3 is 5.97 Å². The van der Waals surface area contributed by atoms with Gasteiger partial charge < -0.3 is 20.3 Å². The van der Waals surface area contributed by atoms with Crippen molar-refractivity contribution in [3.05, 3.63) is 72.9 Å². The number of nitrogens with one attached hydrogen (secondary N) is 1. The Morgan fingerprint density at radius 2 is 1.00 bits per heavy atom. The molecule has 0 aliphatic rings. The first-order valence-corrected chi connectivity index (χ1v) is 23.2. The molecular formula is C50H87NO5. The fourth-order valence-corrected chi connectivity index (χ4v) is 6.64. The number of aliphatic hydroxyl groups is 2. The molecule has 56 heavy (non-hydrogen) atoms. The number of esters is 1. The summed E-state index contributed by atoms with van der Waals surface area (Å²) in [5.41, 5.74) is 0. The zero-order valence-corrected chi connectivity index (χ0v) is 36.5. The van der Waals surface area contributed by atoms with Crippen LogP contribution in [0.1, 0.15) is 207 Å². The average Bonchev–Trinajstić information content (AvgIpc) is 3.19. The van der Waals surface area contributed by atoms with Crippen molar-refractivity contribution in [2.24, 2.45) is 0 Å². The largest absolute Gasteiger partial charge is 0.462 e. The zero-order valence-electron chi connectivity index (χ0n) is 36.5. The number of unbranched alkanes of at least 4 members (excludes halogenated alkanes) is 20. The number of hydrogen-bond acceptors (Lipinski definition) is 5. The summed E-state index contributed by atoms with van der Waals surface area (Å²) in [7, 11) is 0. The van der Waals surface area contributed by atoms with Crippen LogP contribution in [0.15, 0.2) is 72.9 Å². The highest BCUT2D eigenvalue weighted by Crippen LogP contribution is 2.16. The van der Waals surface area contributed by atoms with Gasteiger partial charge in [-0.25, -0.2) is 0 Å². The van der Waals surface area contributed by atoms with E-state index < -0.39 is 18.2 Å². The van der Waals surface area contributed by atoms with Crippen molar-refractivity contribution < 1.29 is 24.5 Å². The summed E-state index contributed by atoms with van der Waals surface area (Å²) < 4.78 is 5.84. The monoisotopic (exact) mass is 782 g/mol. The standard InChI is InChI=1S/C50H87NO5/c1-4-7-10-13-16-19-22-24-27-30-33-36-39-42-48(53)47(45-52)51-49(54)44-46(41-38-35-32-29-26-21-18-15-12-9-6-3)56-50(55)43-40-37-34-31-28-25-23-20-17-14-11-8-5-2/h8,11,14,17,20,23,25,28-29,31-32,34,46-48,52-53H,4-7,9-10,12-13,15-16,18-19,21-22,24,26-27,30,33,35-45H2,1-3H3,(H,51,54)/b11-8+,17-14+,23-20-,28-25-,32-29-,34-31+. The van der Waals surface area contributed by atoms with Crippen molar-refractivity contribution >= 4 is 11.9 Å². The molecule has 0 heterocycles. The van der Waals surface area contributed by atoms with Crippen molar-refractivity contribution in [2.45, 2.75) is 225 Å². The summed E-state index contributed by atoms with van der Waals surface area (Å²) >= 11 is 0. The molecule has 0 spiro atoms. The summed E-state index contributed by atoms with van der Waals surface area (Å²) in [4.78, 5) is 25.9. The fraction of sp³-hybridized carbons (Fsp3) is 0.720. The quantitative estimate of drug-likeness (QED) is 0.0249. The Morgan fingerprint density at radius 3 is 1.54 bits per heavy atom. The average molecular weight is 782 g/mol. The topological polar surface area (TPSA) is 95.9 Å². The number of hydrogen-bond donors (Lipinski definition) is 3. The number of carbonyl (C=O) groups is 2. The van der Waals surface area contributed by atoms with E-state index in [1.165, 1.54) is 103 Å². The first kappa shape index (κ1) is 53.3. The number of allylic oxidation sites excluding steroid dienone is 12. The van der Waals surface area contributed by atoms with Crippen LogP contribution >= 0.6 is 0 Å². The summed E-state index contributed by atoms with van der Waals surface area (Å²) in [6, 6.07) is -0.725. The van der Waals surface area contributed by atoms with Gasteiger partial charge in [0, 0.05) is 6.42 Å². The number of aliphatic hydroxyl groups excluding tert-OH is 2. The molecule has 0 aliphatic carbocycles. The van der Waals surface area contributed by atoms with Gasteiger partial charge in [-0.3, -0.25) is 9.59 Å². The van der Waals surface area contributed by atoms with Gasteiger partial charge in [0.25, 0.3) is 0 Å². The molecule has 1 amide bonds. The van der Waals surface area contributed by atoms with Gasteiger partial charge in [-0.15, -0.1) is 0 Å². The van der Waals surface area contributed by atoms with Gasteiger partial charge in [0.1, 0.15) is 6.10 Å². The van der Waals surface area contributed by atoms with Crippen molar-refractivity contribution in [3.63, 3.8) is 0 Å². The molecule has 3 unspecified atom stereocenters. The first-order chi connectivity index (χ1) is 27.5. The van der Waals surface area contributed by atoms with E-state index in [0.717, 1.165) is 51.4 Å². The van der Waals surface area contributed by atoms with Crippen LogP contribution in [0.2, 0.25) is 0 Å². The molecule has 6 heteroatoms. The lowest BCUT2D eigenvalue weighted by Gasteiger charge is -2.24. The van der Waals surface area contributed by atoms with Gasteiger partial charge in [0.05, 0.1) is 25.2 Å². The highest BCUT2D eigenvalue weighted by atomic mass is 16.5. The summed E-state index contributed by atoms with van der Waals surface area (Å²) in [5.74, 6) is -0.597. The Labute approximate surface area is 345 Å². The highest BCUT2D eigenvalue weighted by Gasteiger charge is 2.23. The van der Waals surface area contributed by atoms with Crippen molar-refractivity contribution in [2.75, 3.05) is 6.61 Å². The molecule has 0 aromatic carbocycles. The molecule has 3 N–H and O–H groups in total. The molecule has 0 aromatic heterocycles. The Kier molecular flexibility index (Phi) is 41.3. The van der Waals surface area contributed by atoms with E-state index >= 15 is 0 Å². The third-order valence-electron chi connectivity index (χ3n) is 10.1. The minimum atomic E-state index is -0.807. The van der Waals surface area contributed by atoms with Crippen molar-refractivity contribution in [3.8, 4) is 0 Å². The maximum absolute atomic E-state index is 13.1. The second kappa shape index (κ2) is 43.4. The number of rotatable bonds is 40. The predicted octanol–water partition coefficient (Wildman–Crippen LogP) is 13.4. The van der Waals surface area contributed by atoms with Crippen LogP contribution in [0.4, 0.5) is 0 Å². The van der Waals surface area contributed by atoms with E-state index in [-0.39, 0.29) is 31.3 Å². The lowest BCUT2D eigenvalue weighted by molar-refractivity contribution is -0.151. The van der Waals surface area contributed by atoms with Crippen LogP contribution in [-0.2, 0) is 14.3 Å². The molecule has 0 saturated carbocycles. The van der Waals surface area contributed by atoms with E-state index in [2.05, 4.69) is 44.3 Å². The molecule has 0 bridgehead atoms. The van der Waals surface area contributed by atoms with E-state index in [4.69, 9.17) is 4.74 Å². The molecule has 322 valence electrons. The third-order valence-corrected chi connectivity index (χ3v) is 10.1. The predicted molar refractivity (Wildman–Crippen MR) is 241 cm³/mol. The van der Waals surface area contributed by atoms with Crippen LogP contribution in [0.3, 0.4) is 0 Å². The number of carbonyl (C=O) groups excluding carboxylic acids is 2. The van der Waals surface area contributed by atoms with Gasteiger partial charge in [0.2, 0.25) is 5.91 Å². The minimum absolute atomic E-state index is 0.0253. The highest BCUT2D eigenvalue weighted by molar-refractivity contribution is 5.77. The second-order valence-electron chi connectivity index (χ2n) is 15.5. The van der Waals surface area contributed by atoms with E-state index in [0.29, 0.717) is 19.3 Å². The van der Waals surface area contributed by atoms with Gasteiger partial charge in [-0.1, -0.05) is 209 Å². The lowest BCUT2D eigenvalue weighted by atomic mass is 10.0. The van der Waals surface area contributed by atoms with Gasteiger partial charge in [0.15, 0.2) is 0 Å². The molecule has 0 radical (unpaired) electrons. The Morgan fingerprint density at radius 1 is 0.536 bits per heavy atom. The molecule has 0 rings (SSSR count). The maximum Gasteiger partial charge on any atom is 0.306 e. The van der Waals surface area contributed by atoms with Gasteiger partial charge in [-0.2, -0.15) is 0 Å². The molecule has 0 aromatic rings. The van der Waals surface area contributed by atoms with Crippen molar-refractivity contribution in [1.82, 2.24) is 5.32 Å². The van der Waals surface area contributed by atoms with Crippen LogP contribution in [0.5, 0.6) is 0 Å². The molecule has 3 atom stereocenters. The summed E-state index contributed by atoms with van der Waals surface area (Å²) in [5, 5.41) is 23.6. The Balaban J connectivity index is 4.71. The third kappa shape index (κ3) is 38.2. The maximum atomic E-state index is 13.1. The molecule has 0 aliphatic heterocycles. The van der Waals surface area contributed by atoms with E-state index in [1.54, 1.807) is 0 Å². The SMILES string of the molecule is CC/C=C/C=C/C=C\C=C/C=C/CCCC(=O)OC(CCC/C=C\CCCCCCCC)CC(=O)NC(CO)C(O)CCCCCCCCCCCCCCC. The smallest absolute Gasteiger partial charge is 0.306 e. The van der Waals surface area contributed by atoms with Crippen LogP contribution in [-0.4, -0.2) is 46.9 Å². The zero-order chi connectivity index (χ0) is 41.0. The summed E-state index contributed by atoms with van der Waals surface area (Å²) in [6.45, 7) is 6.28. The van der Waals surface area contributed by atoms with Crippen LogP contribution in [0, 0.1) is 0 Å². The number of amides is 1. The van der Waals surface area contributed by atoms with Crippen molar-refractivity contribution in [1.29, 1.82) is 0 Å². The van der Waals surface area contributed by atoms with Gasteiger partial charge in [-0.05, 0) is 57.8 Å². The van der Waals surface area contributed by atoms with E-state index in [9.17, 15) is 19.8 Å². The first-order valence-electron chi connectivity index (χ1n) is 23.2. The lowest BCUT2D eigenvalue weighted by Crippen LogP contribution is -2.46. The number of ether oxygens (including phenoxy) is 1. The Bertz CT molecular complexity index is 1060. The fourth-order valence-electron chi connectivity index (χ4n) is 6.64. The van der Waals surface area contributed by atoms with E-state index in [1.807, 2.05) is 54.7 Å². The molecule has 6 nitrogen and oxygen atoms in total. The molecular weight excluding hydrogens is 695 g/mol.